The Balaban J connectivity index is 1.65. The summed E-state index contributed by atoms with van der Waals surface area (Å²) in [5, 5.41) is 7.18. The number of rotatable bonds is 8. The van der Waals surface area contributed by atoms with E-state index >= 15 is 0 Å². The zero-order chi connectivity index (χ0) is 17.6. The lowest BCUT2D eigenvalue weighted by molar-refractivity contribution is -0.199. The molecule has 2 aliphatic rings. The van der Waals surface area contributed by atoms with E-state index in [9.17, 15) is 4.79 Å². The van der Waals surface area contributed by atoms with E-state index in [1.165, 1.54) is 25.4 Å². The molecule has 1 aromatic carbocycles. The van der Waals surface area contributed by atoms with Gasteiger partial charge in [0.2, 0.25) is 0 Å². The third kappa shape index (κ3) is 5.39. The van der Waals surface area contributed by atoms with Gasteiger partial charge in [-0.3, -0.25) is 14.6 Å². The van der Waals surface area contributed by atoms with Gasteiger partial charge in [-0.05, 0) is 56.0 Å². The summed E-state index contributed by atoms with van der Waals surface area (Å²) in [5.74, 6) is -0.274. The molecular formula is C18H20Cl2N2O3. The second kappa shape index (κ2) is 8.61. The van der Waals surface area contributed by atoms with E-state index in [1.807, 2.05) is 6.08 Å². The topological polar surface area (TPSA) is 59.6 Å². The van der Waals surface area contributed by atoms with Crippen molar-refractivity contribution in [3.8, 4) is 0 Å². The Kier molecular flexibility index (Phi) is 6.24. The van der Waals surface area contributed by atoms with Crippen molar-refractivity contribution in [3.05, 3.63) is 58.0 Å². The average molecular weight is 383 g/mol. The van der Waals surface area contributed by atoms with Crippen molar-refractivity contribution in [1.29, 1.82) is 0 Å². The molecule has 0 aromatic heterocycles. The molecule has 0 saturated heterocycles. The zero-order valence-corrected chi connectivity index (χ0v) is 15.1. The number of hydrogen-bond acceptors (Lipinski definition) is 4. The van der Waals surface area contributed by atoms with Gasteiger partial charge >= 0.3 is 0 Å². The Morgan fingerprint density at radius 1 is 1.24 bits per heavy atom. The summed E-state index contributed by atoms with van der Waals surface area (Å²) in [7, 11) is 0. The van der Waals surface area contributed by atoms with Crippen molar-refractivity contribution < 1.29 is 14.6 Å². The first-order chi connectivity index (χ1) is 12.1. The van der Waals surface area contributed by atoms with E-state index in [0.29, 0.717) is 28.1 Å². The molecule has 1 fully saturated rings. The molecular weight excluding hydrogens is 363 g/mol. The molecule has 1 aliphatic heterocycles. The number of hydrogen-bond donors (Lipinski definition) is 2. The van der Waals surface area contributed by atoms with Gasteiger partial charge in [0.1, 0.15) is 12.5 Å². The second-order valence-corrected chi connectivity index (χ2v) is 6.99. The molecule has 1 aromatic rings. The van der Waals surface area contributed by atoms with Crippen LogP contribution in [0.3, 0.4) is 0 Å². The van der Waals surface area contributed by atoms with Gasteiger partial charge in [0, 0.05) is 12.1 Å². The monoisotopic (exact) mass is 382 g/mol. The SMILES string of the molecule is O=C(N[C@H](CCNC1CC1)CC1=COOC=C1)c1c(Cl)cccc1Cl. The molecule has 134 valence electrons. The second-order valence-electron chi connectivity index (χ2n) is 6.18. The summed E-state index contributed by atoms with van der Waals surface area (Å²) < 4.78 is 0. The maximum Gasteiger partial charge on any atom is 0.254 e. The minimum Gasteiger partial charge on any atom is -0.349 e. The van der Waals surface area contributed by atoms with Crippen LogP contribution < -0.4 is 10.6 Å². The number of halogens is 2. The predicted molar refractivity (Wildman–Crippen MR) is 97.4 cm³/mol. The van der Waals surface area contributed by atoms with Crippen LogP contribution in [0.15, 0.2) is 42.4 Å². The van der Waals surface area contributed by atoms with Crippen LogP contribution in [0.1, 0.15) is 36.0 Å². The quantitative estimate of drug-likeness (QED) is 0.667. The van der Waals surface area contributed by atoms with Crippen molar-refractivity contribution in [3.63, 3.8) is 0 Å². The van der Waals surface area contributed by atoms with E-state index in [-0.39, 0.29) is 11.9 Å². The van der Waals surface area contributed by atoms with Crippen LogP contribution in [0, 0.1) is 0 Å². The highest BCUT2D eigenvalue weighted by Gasteiger charge is 2.23. The number of amides is 1. The number of carbonyl (C=O) groups is 1. The molecule has 25 heavy (non-hydrogen) atoms. The minimum absolute atomic E-state index is 0.0799. The Hall–Kier alpha value is -1.69. The van der Waals surface area contributed by atoms with E-state index in [2.05, 4.69) is 10.6 Å². The summed E-state index contributed by atoms with van der Waals surface area (Å²) in [6.45, 7) is 0.834. The Morgan fingerprint density at radius 3 is 2.64 bits per heavy atom. The first kappa shape index (κ1) is 18.1. The van der Waals surface area contributed by atoms with E-state index in [1.54, 1.807) is 18.2 Å². The molecule has 1 saturated carbocycles. The summed E-state index contributed by atoms with van der Waals surface area (Å²) in [6.07, 6.45) is 8.70. The lowest BCUT2D eigenvalue weighted by atomic mass is 10.0. The van der Waals surface area contributed by atoms with Crippen molar-refractivity contribution >= 4 is 29.1 Å². The van der Waals surface area contributed by atoms with Crippen molar-refractivity contribution in [2.24, 2.45) is 0 Å². The molecule has 0 bridgehead atoms. The largest absolute Gasteiger partial charge is 0.349 e. The highest BCUT2D eigenvalue weighted by atomic mass is 35.5. The van der Waals surface area contributed by atoms with E-state index in [0.717, 1.165) is 18.5 Å². The predicted octanol–water partition coefficient (Wildman–Crippen LogP) is 3.98. The highest BCUT2D eigenvalue weighted by molar-refractivity contribution is 6.39. The van der Waals surface area contributed by atoms with Crippen LogP contribution >= 0.6 is 23.2 Å². The van der Waals surface area contributed by atoms with Gasteiger partial charge in [0.25, 0.3) is 5.91 Å². The van der Waals surface area contributed by atoms with Gasteiger partial charge in [0.15, 0.2) is 0 Å². The van der Waals surface area contributed by atoms with E-state index < -0.39 is 0 Å². The van der Waals surface area contributed by atoms with Crippen LogP contribution in [0.4, 0.5) is 0 Å². The van der Waals surface area contributed by atoms with Crippen LogP contribution in [0.5, 0.6) is 0 Å². The average Bonchev–Trinajstić information content (AvgIpc) is 3.40. The number of benzene rings is 1. The van der Waals surface area contributed by atoms with Crippen molar-refractivity contribution in [2.45, 2.75) is 37.8 Å². The lowest BCUT2D eigenvalue weighted by Gasteiger charge is -2.21. The molecule has 1 amide bonds. The van der Waals surface area contributed by atoms with Crippen LogP contribution in [0.2, 0.25) is 10.0 Å². The maximum atomic E-state index is 12.7. The summed E-state index contributed by atoms with van der Waals surface area (Å²) in [6, 6.07) is 5.57. The fourth-order valence-corrected chi connectivity index (χ4v) is 3.19. The molecule has 1 atom stereocenters. The maximum absolute atomic E-state index is 12.7. The van der Waals surface area contributed by atoms with Crippen LogP contribution in [-0.4, -0.2) is 24.5 Å². The molecule has 7 heteroatoms. The Labute approximate surface area is 156 Å². The van der Waals surface area contributed by atoms with Crippen molar-refractivity contribution in [2.75, 3.05) is 6.54 Å². The Morgan fingerprint density at radius 2 is 2.00 bits per heavy atom. The highest BCUT2D eigenvalue weighted by Crippen LogP contribution is 2.25. The lowest BCUT2D eigenvalue weighted by Crippen LogP contribution is -2.38. The molecule has 3 rings (SSSR count). The first-order valence-electron chi connectivity index (χ1n) is 8.29. The van der Waals surface area contributed by atoms with Gasteiger partial charge in [-0.1, -0.05) is 29.3 Å². The molecule has 1 aliphatic carbocycles. The zero-order valence-electron chi connectivity index (χ0n) is 13.6. The first-order valence-corrected chi connectivity index (χ1v) is 9.05. The molecule has 0 radical (unpaired) electrons. The minimum atomic E-state index is -0.274. The molecule has 5 nitrogen and oxygen atoms in total. The summed E-state index contributed by atoms with van der Waals surface area (Å²) in [4.78, 5) is 22.2. The summed E-state index contributed by atoms with van der Waals surface area (Å²) in [5.41, 5.74) is 1.24. The molecule has 0 unspecified atom stereocenters. The Bertz CT molecular complexity index is 667. The number of nitrogens with one attached hydrogen (secondary N) is 2. The summed E-state index contributed by atoms with van der Waals surface area (Å²) >= 11 is 12.3. The van der Waals surface area contributed by atoms with Gasteiger partial charge in [0.05, 0.1) is 15.6 Å². The number of allylic oxidation sites excluding steroid dienone is 1. The molecule has 0 spiro atoms. The third-order valence-electron chi connectivity index (χ3n) is 4.10. The molecule has 1 heterocycles. The normalized spacial score (nSPS) is 17.3. The third-order valence-corrected chi connectivity index (χ3v) is 4.73. The van der Waals surface area contributed by atoms with E-state index in [4.69, 9.17) is 33.0 Å². The van der Waals surface area contributed by atoms with Gasteiger partial charge in [-0.25, -0.2) is 0 Å². The molecule has 2 N–H and O–H groups in total. The van der Waals surface area contributed by atoms with Crippen LogP contribution in [-0.2, 0) is 9.78 Å². The van der Waals surface area contributed by atoms with Crippen LogP contribution in [0.25, 0.3) is 0 Å². The van der Waals surface area contributed by atoms with Gasteiger partial charge in [-0.15, -0.1) is 0 Å². The number of carbonyl (C=O) groups excluding carboxylic acids is 1. The van der Waals surface area contributed by atoms with Gasteiger partial charge < -0.3 is 10.6 Å². The van der Waals surface area contributed by atoms with Gasteiger partial charge in [-0.2, -0.15) is 0 Å². The van der Waals surface area contributed by atoms with Crippen molar-refractivity contribution in [1.82, 2.24) is 10.6 Å². The standard InChI is InChI=1S/C18H20Cl2N2O3/c19-15-2-1-3-16(20)17(15)18(23)22-14(6-8-21-13-4-5-13)10-12-7-9-24-25-11-12/h1-3,7,9,11,13-14,21H,4-6,8,10H2,(H,22,23)/t14-/m1/s1. The fraction of sp³-hybridized carbons (Fsp3) is 0.389. The fourth-order valence-electron chi connectivity index (χ4n) is 2.62. The smallest absolute Gasteiger partial charge is 0.254 e.